The Morgan fingerprint density at radius 3 is 3.00 bits per heavy atom. The summed E-state index contributed by atoms with van der Waals surface area (Å²) < 4.78 is 0. The average molecular weight is 241 g/mol. The van der Waals surface area contributed by atoms with Gasteiger partial charge in [0.25, 0.3) is 0 Å². The lowest BCUT2D eigenvalue weighted by Gasteiger charge is -2.42. The van der Waals surface area contributed by atoms with Crippen molar-refractivity contribution in [3.63, 3.8) is 0 Å². The Morgan fingerprint density at radius 1 is 1.28 bits per heavy atom. The van der Waals surface area contributed by atoms with Gasteiger partial charge in [0.15, 0.2) is 0 Å². The molecule has 2 aromatic rings. The van der Waals surface area contributed by atoms with Crippen molar-refractivity contribution in [1.29, 1.82) is 0 Å². The number of likely N-dealkylation sites (N-methyl/N-ethyl adjacent to an activating group) is 1. The molecule has 1 aromatic heterocycles. The highest BCUT2D eigenvalue weighted by Crippen LogP contribution is 2.37. The molecule has 92 valence electrons. The molecule has 1 N–H and O–H groups in total. The Labute approximate surface area is 105 Å². The number of carbonyl (C=O) groups excluding carboxylic acids is 1. The highest BCUT2D eigenvalue weighted by molar-refractivity contribution is 5.87. The van der Waals surface area contributed by atoms with E-state index in [0.717, 1.165) is 13.1 Å². The first kappa shape index (κ1) is 10.00. The van der Waals surface area contributed by atoms with Gasteiger partial charge in [-0.05, 0) is 11.6 Å². The van der Waals surface area contributed by atoms with E-state index in [4.69, 9.17) is 0 Å². The summed E-state index contributed by atoms with van der Waals surface area (Å²) in [6.07, 6.45) is 0. The van der Waals surface area contributed by atoms with E-state index in [-0.39, 0.29) is 6.03 Å². The minimum absolute atomic E-state index is 0.149. The molecule has 2 aliphatic rings. The van der Waals surface area contributed by atoms with Gasteiger partial charge >= 0.3 is 6.03 Å². The highest BCUT2D eigenvalue weighted by atomic mass is 16.2. The first-order valence-electron chi connectivity index (χ1n) is 6.33. The third kappa shape index (κ3) is 1.17. The Balaban J connectivity index is 1.93. The number of carbonyl (C=O) groups is 1. The van der Waals surface area contributed by atoms with Crippen LogP contribution in [-0.2, 0) is 6.54 Å². The summed E-state index contributed by atoms with van der Waals surface area (Å²) in [5.41, 5.74) is 3.82. The topological polar surface area (TPSA) is 39.3 Å². The molecule has 18 heavy (non-hydrogen) atoms. The van der Waals surface area contributed by atoms with E-state index < -0.39 is 0 Å². The smallest absolute Gasteiger partial charge is 0.320 e. The van der Waals surface area contributed by atoms with Gasteiger partial charge in [0, 0.05) is 42.7 Å². The fraction of sp³-hybridized carbons (Fsp3) is 0.357. The second-order valence-corrected chi connectivity index (χ2v) is 5.30. The summed E-state index contributed by atoms with van der Waals surface area (Å²) in [7, 11) is 1.89. The van der Waals surface area contributed by atoms with Crippen molar-refractivity contribution >= 4 is 16.9 Å². The Morgan fingerprint density at radius 2 is 2.11 bits per heavy atom. The van der Waals surface area contributed by atoms with E-state index in [2.05, 4.69) is 23.2 Å². The molecule has 0 spiro atoms. The van der Waals surface area contributed by atoms with Crippen molar-refractivity contribution in [3.8, 4) is 0 Å². The zero-order valence-electron chi connectivity index (χ0n) is 10.3. The zero-order chi connectivity index (χ0) is 12.3. The summed E-state index contributed by atoms with van der Waals surface area (Å²) in [6.45, 7) is 2.39. The molecule has 1 saturated heterocycles. The SMILES string of the molecule is CN1CC2CN(Cc3[nH]c4ccccc4c32)C1=O. The van der Waals surface area contributed by atoms with Crippen LogP contribution >= 0.6 is 0 Å². The van der Waals surface area contributed by atoms with E-state index in [1.165, 1.54) is 22.2 Å². The number of urea groups is 1. The molecular formula is C14H15N3O. The Hall–Kier alpha value is -1.97. The number of hydrogen-bond donors (Lipinski definition) is 1. The molecule has 0 aliphatic carbocycles. The van der Waals surface area contributed by atoms with Crippen LogP contribution in [0.15, 0.2) is 24.3 Å². The van der Waals surface area contributed by atoms with Crippen LogP contribution in [0.5, 0.6) is 0 Å². The summed E-state index contributed by atoms with van der Waals surface area (Å²) in [5, 5.41) is 1.32. The van der Waals surface area contributed by atoms with Crippen molar-refractivity contribution in [3.05, 3.63) is 35.5 Å². The minimum atomic E-state index is 0.149. The fourth-order valence-corrected chi connectivity index (χ4v) is 3.37. The van der Waals surface area contributed by atoms with Gasteiger partial charge in [-0.2, -0.15) is 0 Å². The molecule has 4 rings (SSSR count). The van der Waals surface area contributed by atoms with Crippen LogP contribution in [0, 0.1) is 0 Å². The zero-order valence-corrected chi connectivity index (χ0v) is 10.3. The number of para-hydroxylation sites is 1. The van der Waals surface area contributed by atoms with Gasteiger partial charge in [-0.1, -0.05) is 18.2 Å². The summed E-state index contributed by atoms with van der Waals surface area (Å²) in [4.78, 5) is 19.2. The molecular weight excluding hydrogens is 226 g/mol. The van der Waals surface area contributed by atoms with Crippen LogP contribution in [0.2, 0.25) is 0 Å². The normalized spacial score (nSPS) is 22.5. The number of benzene rings is 1. The lowest BCUT2D eigenvalue weighted by atomic mass is 9.90. The van der Waals surface area contributed by atoms with Crippen molar-refractivity contribution < 1.29 is 4.79 Å². The van der Waals surface area contributed by atoms with Crippen molar-refractivity contribution in [2.24, 2.45) is 0 Å². The van der Waals surface area contributed by atoms with E-state index in [1.807, 2.05) is 22.9 Å². The molecule has 1 fully saturated rings. The summed E-state index contributed by atoms with van der Waals surface area (Å²) >= 11 is 0. The van der Waals surface area contributed by atoms with Crippen LogP contribution < -0.4 is 0 Å². The van der Waals surface area contributed by atoms with Crippen molar-refractivity contribution in [2.45, 2.75) is 12.5 Å². The Bertz CT molecular complexity index is 646. The number of amides is 2. The number of fused-ring (bicyclic) bond motifs is 6. The molecule has 4 heteroatoms. The standard InChI is InChI=1S/C14H15N3O/c1-16-6-9-7-17(14(16)18)8-12-13(9)10-4-2-3-5-11(10)15-12/h2-5,9,15H,6-8H2,1H3. The molecule has 2 amide bonds. The first-order chi connectivity index (χ1) is 8.74. The molecule has 2 bridgehead atoms. The van der Waals surface area contributed by atoms with Gasteiger partial charge < -0.3 is 14.8 Å². The largest absolute Gasteiger partial charge is 0.357 e. The number of H-pyrrole nitrogens is 1. The van der Waals surface area contributed by atoms with Gasteiger partial charge in [-0.3, -0.25) is 0 Å². The lowest BCUT2D eigenvalue weighted by molar-refractivity contribution is 0.121. The average Bonchev–Trinajstić information content (AvgIpc) is 2.74. The minimum Gasteiger partial charge on any atom is -0.357 e. The van der Waals surface area contributed by atoms with Crippen LogP contribution in [0.25, 0.3) is 10.9 Å². The number of aromatic amines is 1. The molecule has 1 atom stereocenters. The van der Waals surface area contributed by atoms with Crippen LogP contribution in [0.3, 0.4) is 0 Å². The van der Waals surface area contributed by atoms with Crippen molar-refractivity contribution in [2.75, 3.05) is 20.1 Å². The predicted octanol–water partition coefficient (Wildman–Crippen LogP) is 2.13. The van der Waals surface area contributed by atoms with Crippen molar-refractivity contribution in [1.82, 2.24) is 14.8 Å². The summed E-state index contributed by atoms with van der Waals surface area (Å²) in [5.74, 6) is 0.438. The number of nitrogens with one attached hydrogen (secondary N) is 1. The van der Waals surface area contributed by atoms with E-state index >= 15 is 0 Å². The molecule has 0 saturated carbocycles. The molecule has 4 nitrogen and oxygen atoms in total. The lowest BCUT2D eigenvalue weighted by Crippen LogP contribution is -2.52. The third-order valence-corrected chi connectivity index (χ3v) is 4.12. The molecule has 1 aromatic carbocycles. The number of aromatic nitrogens is 1. The van der Waals surface area contributed by atoms with Gasteiger partial charge in [-0.25, -0.2) is 4.79 Å². The first-order valence-corrected chi connectivity index (χ1v) is 6.33. The van der Waals surface area contributed by atoms with Crippen LogP contribution in [0.4, 0.5) is 4.79 Å². The third-order valence-electron chi connectivity index (χ3n) is 4.12. The Kier molecular flexibility index (Phi) is 1.82. The number of rotatable bonds is 0. The molecule has 0 radical (unpaired) electrons. The fourth-order valence-electron chi connectivity index (χ4n) is 3.37. The molecule has 2 aliphatic heterocycles. The monoisotopic (exact) mass is 241 g/mol. The number of nitrogens with zero attached hydrogens (tertiary/aromatic N) is 2. The second kappa shape index (κ2) is 3.28. The maximum atomic E-state index is 12.0. The predicted molar refractivity (Wildman–Crippen MR) is 69.5 cm³/mol. The molecule has 3 heterocycles. The van der Waals surface area contributed by atoms with Gasteiger partial charge in [0.05, 0.1) is 6.54 Å². The van der Waals surface area contributed by atoms with Crippen LogP contribution in [-0.4, -0.2) is 41.0 Å². The quantitative estimate of drug-likeness (QED) is 0.754. The molecule has 1 unspecified atom stereocenters. The van der Waals surface area contributed by atoms with E-state index in [0.29, 0.717) is 12.5 Å². The number of hydrogen-bond acceptors (Lipinski definition) is 1. The summed E-state index contributed by atoms with van der Waals surface area (Å²) in [6, 6.07) is 8.57. The second-order valence-electron chi connectivity index (χ2n) is 5.30. The van der Waals surface area contributed by atoms with E-state index in [9.17, 15) is 4.79 Å². The van der Waals surface area contributed by atoms with Gasteiger partial charge in [-0.15, -0.1) is 0 Å². The van der Waals surface area contributed by atoms with E-state index in [1.54, 1.807) is 0 Å². The van der Waals surface area contributed by atoms with Gasteiger partial charge in [0.2, 0.25) is 0 Å². The highest BCUT2D eigenvalue weighted by Gasteiger charge is 2.37. The van der Waals surface area contributed by atoms with Gasteiger partial charge in [0.1, 0.15) is 0 Å². The van der Waals surface area contributed by atoms with Crippen LogP contribution in [0.1, 0.15) is 17.2 Å². The maximum absolute atomic E-state index is 12.0. The maximum Gasteiger partial charge on any atom is 0.320 e.